The minimum Gasteiger partial charge on any atom is -0.0969 e. The van der Waals surface area contributed by atoms with Gasteiger partial charge in [-0.05, 0) is 12.6 Å². The van der Waals surface area contributed by atoms with Crippen molar-refractivity contribution in [2.75, 3.05) is 12.6 Å². The lowest BCUT2D eigenvalue weighted by atomic mass is 11.9. The first-order valence-electron chi connectivity index (χ1n) is 1.66. The predicted molar refractivity (Wildman–Crippen MR) is 33.1 cm³/mol. The fourth-order valence-electron chi connectivity index (χ4n) is 0.121. The molecule has 2 heteroatoms. The van der Waals surface area contributed by atoms with Crippen LogP contribution in [0.15, 0.2) is 0 Å². The van der Waals surface area contributed by atoms with Crippen molar-refractivity contribution in [3.63, 3.8) is 0 Å². The van der Waals surface area contributed by atoms with Crippen LogP contribution in [0.4, 0.5) is 0 Å². The maximum absolute atomic E-state index is 4.01. The number of hydrogen-bond acceptors (Lipinski definition) is 0. The van der Waals surface area contributed by atoms with Crippen LogP contribution in [0.2, 0.25) is 0 Å². The second-order valence-electron chi connectivity index (χ2n) is 1.71. The van der Waals surface area contributed by atoms with Crippen LogP contribution in [0.3, 0.4) is 0 Å². The first kappa shape index (κ1) is 3.90. The van der Waals surface area contributed by atoms with Crippen molar-refractivity contribution in [2.24, 2.45) is 0 Å². The van der Waals surface area contributed by atoms with Crippen molar-refractivity contribution in [1.82, 2.24) is 0 Å². The Morgan fingerprint density at radius 1 is 2.00 bits per heavy atom. The lowest BCUT2D eigenvalue weighted by Gasteiger charge is -1.73. The van der Waals surface area contributed by atoms with E-state index < -0.39 is 0 Å². The van der Waals surface area contributed by atoms with Gasteiger partial charge < -0.3 is 0 Å². The Balaban J connectivity index is 2.72. The molecule has 1 aliphatic heterocycles. The molecular formula is C3H8P2. The fourth-order valence-corrected chi connectivity index (χ4v) is 3.26. The Bertz CT molecular complexity index is 76.9. The van der Waals surface area contributed by atoms with Gasteiger partial charge in [-0.3, -0.25) is 0 Å². The van der Waals surface area contributed by atoms with Crippen LogP contribution >= 0.6 is 14.8 Å². The minimum absolute atomic E-state index is 0.361. The minimum atomic E-state index is -0.361. The molecule has 0 aliphatic carbocycles. The summed E-state index contributed by atoms with van der Waals surface area (Å²) in [6, 6.07) is 0. The highest BCUT2D eigenvalue weighted by Crippen LogP contribution is 2.80. The van der Waals surface area contributed by atoms with Gasteiger partial charge >= 0.3 is 0 Å². The zero-order valence-corrected chi connectivity index (χ0v) is 5.26. The third-order valence-corrected chi connectivity index (χ3v) is 6.28. The molecule has 0 amide bonds. The van der Waals surface area contributed by atoms with Gasteiger partial charge in [0.1, 0.15) is 0 Å². The van der Waals surface area contributed by atoms with E-state index in [-0.39, 0.29) is 6.57 Å². The third kappa shape index (κ3) is 1.07. The van der Waals surface area contributed by atoms with Crippen LogP contribution in [0.1, 0.15) is 0 Å². The highest BCUT2D eigenvalue weighted by atomic mass is 32.1. The van der Waals surface area contributed by atoms with Crippen molar-refractivity contribution in [3.8, 4) is 0 Å². The molecule has 0 bridgehead atoms. The summed E-state index contributed by atoms with van der Waals surface area (Å²) in [5.74, 6) is 1.48. The Morgan fingerprint density at radius 2 is 2.20 bits per heavy atom. The SMILES string of the molecule is C=P1(C)CP1. The van der Waals surface area contributed by atoms with E-state index in [1.54, 1.807) is 0 Å². The fraction of sp³-hybridized carbons (Fsp3) is 0.667. The highest BCUT2D eigenvalue weighted by Gasteiger charge is 2.19. The van der Waals surface area contributed by atoms with Gasteiger partial charge in [0.25, 0.3) is 0 Å². The van der Waals surface area contributed by atoms with Crippen molar-refractivity contribution >= 4 is 21.1 Å². The van der Waals surface area contributed by atoms with E-state index >= 15 is 0 Å². The van der Waals surface area contributed by atoms with Crippen LogP contribution in [0.5, 0.6) is 0 Å². The van der Waals surface area contributed by atoms with Gasteiger partial charge in [-0.15, -0.1) is 0 Å². The van der Waals surface area contributed by atoms with E-state index in [1.165, 1.54) is 14.2 Å². The maximum atomic E-state index is 4.01. The molecule has 0 saturated carbocycles. The molecule has 5 heavy (non-hydrogen) atoms. The van der Waals surface area contributed by atoms with Crippen LogP contribution in [-0.4, -0.2) is 18.9 Å². The zero-order valence-electron chi connectivity index (χ0n) is 3.36. The molecule has 1 heterocycles. The van der Waals surface area contributed by atoms with Gasteiger partial charge in [-0.25, -0.2) is 0 Å². The summed E-state index contributed by atoms with van der Waals surface area (Å²) in [6.07, 6.45) is 4.01. The molecule has 0 spiro atoms. The molecule has 1 fully saturated rings. The first-order valence-corrected chi connectivity index (χ1v) is 6.31. The van der Waals surface area contributed by atoms with E-state index in [2.05, 4.69) is 13.0 Å². The molecule has 30 valence electrons. The highest BCUT2D eigenvalue weighted by molar-refractivity contribution is 8.44. The lowest BCUT2D eigenvalue weighted by molar-refractivity contribution is 2.26. The molecule has 0 radical (unpaired) electrons. The Hall–Kier alpha value is 0.730. The van der Waals surface area contributed by atoms with Crippen molar-refractivity contribution in [3.05, 3.63) is 0 Å². The number of hydrogen-bond donors (Lipinski definition) is 0. The van der Waals surface area contributed by atoms with Crippen molar-refractivity contribution in [2.45, 2.75) is 0 Å². The van der Waals surface area contributed by atoms with Gasteiger partial charge in [0.2, 0.25) is 0 Å². The Kier molecular flexibility index (Phi) is 0.674. The summed E-state index contributed by atoms with van der Waals surface area (Å²) < 4.78 is 0. The van der Waals surface area contributed by atoms with Crippen LogP contribution < -0.4 is 0 Å². The predicted octanol–water partition coefficient (Wildman–Crippen LogP) is 1.63. The second kappa shape index (κ2) is 0.863. The molecule has 0 aromatic heterocycles. The van der Waals surface area contributed by atoms with E-state index in [0.717, 1.165) is 0 Å². The molecule has 1 rings (SSSR count). The molecule has 1 aliphatic rings. The molecule has 0 aromatic carbocycles. The van der Waals surface area contributed by atoms with E-state index in [1.807, 2.05) is 0 Å². The molecule has 2 atom stereocenters. The van der Waals surface area contributed by atoms with Gasteiger partial charge in [-0.1, -0.05) is 21.1 Å². The Morgan fingerprint density at radius 3 is 2.20 bits per heavy atom. The quantitative estimate of drug-likeness (QED) is 0.412. The van der Waals surface area contributed by atoms with Crippen LogP contribution in [-0.2, 0) is 0 Å². The molecule has 0 nitrogen and oxygen atoms in total. The summed E-state index contributed by atoms with van der Waals surface area (Å²) in [7, 11) is 1.26. The average molecular weight is 106 g/mol. The van der Waals surface area contributed by atoms with Gasteiger partial charge in [-0.2, -0.15) is 0 Å². The monoisotopic (exact) mass is 106 g/mol. The molecule has 0 aromatic rings. The van der Waals surface area contributed by atoms with E-state index in [0.29, 0.717) is 0 Å². The normalized spacial score (nSPS) is 53.8. The van der Waals surface area contributed by atoms with E-state index in [9.17, 15) is 0 Å². The zero-order chi connectivity index (χ0) is 3.91. The Labute approximate surface area is 34.6 Å². The summed E-state index contributed by atoms with van der Waals surface area (Å²) >= 11 is 0. The third-order valence-electron chi connectivity index (χ3n) is 0.698. The summed E-state index contributed by atoms with van der Waals surface area (Å²) in [6.45, 7) is 1.95. The number of rotatable bonds is 0. The van der Waals surface area contributed by atoms with Gasteiger partial charge in [0.15, 0.2) is 0 Å². The van der Waals surface area contributed by atoms with Crippen molar-refractivity contribution in [1.29, 1.82) is 0 Å². The van der Waals surface area contributed by atoms with Gasteiger partial charge in [0, 0.05) is 0 Å². The molecule has 1 saturated heterocycles. The largest absolute Gasteiger partial charge is 0.0969 e. The van der Waals surface area contributed by atoms with E-state index in [4.69, 9.17) is 0 Å². The summed E-state index contributed by atoms with van der Waals surface area (Å²) in [4.78, 5) is 0. The molecule has 2 unspecified atom stereocenters. The second-order valence-corrected chi connectivity index (χ2v) is 10.3. The topological polar surface area (TPSA) is 0 Å². The molecular weight excluding hydrogens is 98.0 g/mol. The standard InChI is InChI=1S/C3H8P2/c1-5(2)3-4-5/h4H,1,3H2,2H3. The first-order chi connectivity index (χ1) is 2.21. The van der Waals surface area contributed by atoms with Crippen molar-refractivity contribution < 1.29 is 0 Å². The van der Waals surface area contributed by atoms with Gasteiger partial charge in [0.05, 0.1) is 0 Å². The van der Waals surface area contributed by atoms with Crippen LogP contribution in [0.25, 0.3) is 0 Å². The lowest BCUT2D eigenvalue weighted by Crippen LogP contribution is -1.35. The smallest absolute Gasteiger partial charge is 0.00843 e. The molecule has 0 N–H and O–H groups in total. The summed E-state index contributed by atoms with van der Waals surface area (Å²) in [5, 5.41) is 0. The average Bonchev–Trinajstić information content (AvgIpc) is 1.76. The maximum Gasteiger partial charge on any atom is -0.00843 e. The van der Waals surface area contributed by atoms with Crippen LogP contribution in [0, 0.1) is 0 Å². The summed E-state index contributed by atoms with van der Waals surface area (Å²) in [5.41, 5.74) is 0.